The van der Waals surface area contributed by atoms with E-state index in [2.05, 4.69) is 39.3 Å². The lowest BCUT2D eigenvalue weighted by Gasteiger charge is -2.10. The Morgan fingerprint density at radius 2 is 2.18 bits per heavy atom. The van der Waals surface area contributed by atoms with Crippen LogP contribution in [0.3, 0.4) is 0 Å². The molecule has 0 saturated carbocycles. The van der Waals surface area contributed by atoms with Gasteiger partial charge in [0.25, 0.3) is 0 Å². The van der Waals surface area contributed by atoms with Crippen molar-refractivity contribution < 1.29 is 4.39 Å². The van der Waals surface area contributed by atoms with Crippen LogP contribution < -0.4 is 0 Å². The Morgan fingerprint density at radius 1 is 1.41 bits per heavy atom. The van der Waals surface area contributed by atoms with Crippen molar-refractivity contribution in [1.29, 1.82) is 0 Å². The smallest absolute Gasteiger partial charge is 0.137 e. The van der Waals surface area contributed by atoms with Crippen LogP contribution >= 0.6 is 15.9 Å². The third-order valence-corrected chi connectivity index (χ3v) is 3.21. The van der Waals surface area contributed by atoms with Crippen LogP contribution in [0.5, 0.6) is 0 Å². The maximum Gasteiger partial charge on any atom is 0.137 e. The lowest BCUT2D eigenvalue weighted by molar-refractivity contribution is 0.618. The fourth-order valence-corrected chi connectivity index (χ4v) is 2.22. The molecule has 0 aliphatic rings. The molecule has 0 amide bonds. The topological polar surface area (TPSA) is 17.8 Å². The number of benzene rings is 1. The van der Waals surface area contributed by atoms with Gasteiger partial charge in [-0.15, -0.1) is 0 Å². The third-order valence-electron chi connectivity index (χ3n) is 2.60. The van der Waals surface area contributed by atoms with Crippen molar-refractivity contribution in [2.75, 3.05) is 0 Å². The molecule has 0 bridgehead atoms. The number of rotatable bonds is 3. The molecule has 17 heavy (non-hydrogen) atoms. The van der Waals surface area contributed by atoms with Gasteiger partial charge in [-0.1, -0.05) is 19.9 Å². The highest BCUT2D eigenvalue weighted by Gasteiger charge is 2.08. The minimum absolute atomic E-state index is 0.233. The van der Waals surface area contributed by atoms with Gasteiger partial charge in [-0.25, -0.2) is 9.37 Å². The first-order valence-electron chi connectivity index (χ1n) is 5.53. The van der Waals surface area contributed by atoms with Gasteiger partial charge in [0.05, 0.1) is 4.47 Å². The summed E-state index contributed by atoms with van der Waals surface area (Å²) in [6.07, 6.45) is 3.75. The molecule has 90 valence electrons. The van der Waals surface area contributed by atoms with Crippen LogP contribution in [0, 0.1) is 5.82 Å². The molecule has 0 N–H and O–H groups in total. The molecule has 0 aliphatic heterocycles. The van der Waals surface area contributed by atoms with Crippen LogP contribution in [0.4, 0.5) is 4.39 Å². The van der Waals surface area contributed by atoms with Crippen molar-refractivity contribution in [3.63, 3.8) is 0 Å². The summed E-state index contributed by atoms with van der Waals surface area (Å²) in [5, 5.41) is 0. The molecule has 1 aromatic heterocycles. The van der Waals surface area contributed by atoms with Gasteiger partial charge in [0.2, 0.25) is 0 Å². The third kappa shape index (κ3) is 2.75. The summed E-state index contributed by atoms with van der Waals surface area (Å²) >= 11 is 3.20. The van der Waals surface area contributed by atoms with Gasteiger partial charge in [0.15, 0.2) is 0 Å². The molecular formula is C13H14BrFN2. The molecule has 1 aromatic carbocycles. The van der Waals surface area contributed by atoms with Crippen molar-refractivity contribution >= 4 is 15.9 Å². The fraction of sp³-hybridized carbons (Fsp3) is 0.308. The zero-order valence-corrected chi connectivity index (χ0v) is 11.4. The predicted molar refractivity (Wildman–Crippen MR) is 69.5 cm³/mol. The summed E-state index contributed by atoms with van der Waals surface area (Å²) in [6.45, 7) is 4.94. The van der Waals surface area contributed by atoms with Crippen molar-refractivity contribution in [2.24, 2.45) is 0 Å². The molecule has 0 aliphatic carbocycles. The zero-order chi connectivity index (χ0) is 12.4. The lowest BCUT2D eigenvalue weighted by Crippen LogP contribution is -2.05. The Kier molecular flexibility index (Phi) is 3.62. The molecule has 2 rings (SSSR count). The Morgan fingerprint density at radius 3 is 2.82 bits per heavy atom. The van der Waals surface area contributed by atoms with E-state index in [1.165, 1.54) is 6.07 Å². The van der Waals surface area contributed by atoms with Crippen molar-refractivity contribution in [2.45, 2.75) is 26.3 Å². The van der Waals surface area contributed by atoms with E-state index in [1.54, 1.807) is 18.3 Å². The van der Waals surface area contributed by atoms with Crippen LogP contribution in [0.25, 0.3) is 0 Å². The zero-order valence-electron chi connectivity index (χ0n) is 9.82. The molecule has 0 unspecified atom stereocenters. The summed E-state index contributed by atoms with van der Waals surface area (Å²) in [5.74, 6) is 1.20. The van der Waals surface area contributed by atoms with E-state index >= 15 is 0 Å². The number of nitrogens with zero attached hydrogens (tertiary/aromatic N) is 2. The van der Waals surface area contributed by atoms with Gasteiger partial charge in [-0.3, -0.25) is 0 Å². The molecule has 2 nitrogen and oxygen atoms in total. The van der Waals surface area contributed by atoms with Gasteiger partial charge in [-0.05, 0) is 33.6 Å². The van der Waals surface area contributed by atoms with Crippen molar-refractivity contribution in [3.8, 4) is 0 Å². The molecule has 0 saturated heterocycles. The van der Waals surface area contributed by atoms with Crippen LogP contribution in [-0.2, 0) is 6.54 Å². The first kappa shape index (κ1) is 12.3. The van der Waals surface area contributed by atoms with Crippen LogP contribution in [0.1, 0.15) is 31.2 Å². The second-order valence-corrected chi connectivity index (χ2v) is 5.17. The SMILES string of the molecule is CC(C)c1nccn1Cc1ccc(F)c(Br)c1. The van der Waals surface area contributed by atoms with Crippen LogP contribution in [0.2, 0.25) is 0 Å². The van der Waals surface area contributed by atoms with Crippen molar-refractivity contribution in [1.82, 2.24) is 9.55 Å². The second kappa shape index (κ2) is 5.00. The van der Waals surface area contributed by atoms with E-state index in [1.807, 2.05) is 6.20 Å². The molecule has 0 spiro atoms. The standard InChI is InChI=1S/C13H14BrFN2/c1-9(2)13-16-5-6-17(13)8-10-3-4-12(15)11(14)7-10/h3-7,9H,8H2,1-2H3. The van der Waals surface area contributed by atoms with E-state index in [9.17, 15) is 4.39 Å². The Bertz CT molecular complexity index is 520. The van der Waals surface area contributed by atoms with E-state index in [0.29, 0.717) is 16.9 Å². The van der Waals surface area contributed by atoms with Gasteiger partial charge in [0, 0.05) is 24.9 Å². The highest BCUT2D eigenvalue weighted by atomic mass is 79.9. The second-order valence-electron chi connectivity index (χ2n) is 4.32. The van der Waals surface area contributed by atoms with E-state index in [0.717, 1.165) is 11.4 Å². The number of hydrogen-bond acceptors (Lipinski definition) is 1. The monoisotopic (exact) mass is 296 g/mol. The number of aromatic nitrogens is 2. The Balaban J connectivity index is 2.25. The van der Waals surface area contributed by atoms with Gasteiger partial charge < -0.3 is 4.57 Å². The highest BCUT2D eigenvalue weighted by molar-refractivity contribution is 9.10. The summed E-state index contributed by atoms with van der Waals surface area (Å²) in [4.78, 5) is 4.33. The Hall–Kier alpha value is -1.16. The van der Waals surface area contributed by atoms with E-state index in [-0.39, 0.29) is 5.82 Å². The maximum atomic E-state index is 13.1. The maximum absolute atomic E-state index is 13.1. The summed E-state index contributed by atoms with van der Waals surface area (Å²) in [7, 11) is 0. The summed E-state index contributed by atoms with van der Waals surface area (Å²) in [5.41, 5.74) is 1.05. The molecule has 1 heterocycles. The minimum atomic E-state index is -0.233. The molecule has 2 aromatic rings. The Labute approximate surface area is 109 Å². The largest absolute Gasteiger partial charge is 0.330 e. The molecule has 0 atom stereocenters. The van der Waals surface area contributed by atoms with Crippen molar-refractivity contribution in [3.05, 3.63) is 52.3 Å². The normalized spacial score (nSPS) is 11.1. The van der Waals surface area contributed by atoms with Crippen LogP contribution in [-0.4, -0.2) is 9.55 Å². The number of halogens is 2. The van der Waals surface area contributed by atoms with E-state index < -0.39 is 0 Å². The van der Waals surface area contributed by atoms with Gasteiger partial charge in [0.1, 0.15) is 11.6 Å². The number of hydrogen-bond donors (Lipinski definition) is 0. The molecule has 0 fully saturated rings. The lowest BCUT2D eigenvalue weighted by atomic mass is 10.2. The molecular weight excluding hydrogens is 283 g/mol. The van der Waals surface area contributed by atoms with Gasteiger partial charge >= 0.3 is 0 Å². The van der Waals surface area contributed by atoms with Gasteiger partial charge in [-0.2, -0.15) is 0 Å². The summed E-state index contributed by atoms with van der Waals surface area (Å²) < 4.78 is 15.7. The average Bonchev–Trinajstić information content (AvgIpc) is 2.72. The first-order chi connectivity index (χ1) is 8.08. The summed E-state index contributed by atoms with van der Waals surface area (Å²) in [6, 6.07) is 5.08. The minimum Gasteiger partial charge on any atom is -0.330 e. The average molecular weight is 297 g/mol. The molecule has 4 heteroatoms. The van der Waals surface area contributed by atoms with Crippen LogP contribution in [0.15, 0.2) is 35.1 Å². The highest BCUT2D eigenvalue weighted by Crippen LogP contribution is 2.19. The quantitative estimate of drug-likeness (QED) is 0.838. The van der Waals surface area contributed by atoms with E-state index in [4.69, 9.17) is 0 Å². The first-order valence-corrected chi connectivity index (χ1v) is 6.32. The fourth-order valence-electron chi connectivity index (χ4n) is 1.79. The predicted octanol–water partition coefficient (Wildman–Crippen LogP) is 3.96. The number of imidazole rings is 1. The molecule has 0 radical (unpaired) electrons.